The molecule has 10 nitrogen and oxygen atoms in total. The topological polar surface area (TPSA) is 141 Å². The number of likely N-dealkylation sites (N-methyl/N-ethyl adjacent to an activating group) is 1. The van der Waals surface area contributed by atoms with Gasteiger partial charge in [0.2, 0.25) is 0 Å². The molecule has 2 aliphatic heterocycles. The number of hydrogen-bond donors (Lipinski definition) is 5. The number of nitrogen functional groups attached to an aromatic ring is 1. The van der Waals surface area contributed by atoms with Gasteiger partial charge in [0.1, 0.15) is 0 Å². The van der Waals surface area contributed by atoms with E-state index in [9.17, 15) is 18.8 Å². The average molecular weight is 550 g/mol. The summed E-state index contributed by atoms with van der Waals surface area (Å²) in [6.07, 6.45) is 1.12. The summed E-state index contributed by atoms with van der Waals surface area (Å²) < 4.78 is 15.1. The molecular formula is C21H26AsFN7O3S. The fourth-order valence-electron chi connectivity index (χ4n) is 3.98. The van der Waals surface area contributed by atoms with Crippen LogP contribution < -0.4 is 36.3 Å². The fourth-order valence-corrected chi connectivity index (χ4v) is 6.96. The quantitative estimate of drug-likeness (QED) is 0.224. The molecule has 1 radical (unpaired) electrons. The molecule has 34 heavy (non-hydrogen) atoms. The number of carbonyl (C=O) groups excluding carboxylic acids is 3. The molecule has 13 heteroatoms. The zero-order valence-electron chi connectivity index (χ0n) is 18.6. The predicted octanol–water partition coefficient (Wildman–Crippen LogP) is -0.749. The van der Waals surface area contributed by atoms with Crippen LogP contribution in [-0.2, 0) is 9.59 Å². The Morgan fingerprint density at radius 3 is 2.76 bits per heavy atom. The standard InChI is InChI=1S/C21H26AsFN7O3S/c1-25-21(2-4-26-5-3-21)19(33)29-17-13(8-12(24)9-14(17)23)22-18(32)15-11-34-20(28-15)30-7-6-27-16(31)10-30/h8-9,11,25-26H,2-7,10,24H2,1H3,(H,27,31)(H,29,33). The van der Waals surface area contributed by atoms with Gasteiger partial charge in [-0.3, -0.25) is 0 Å². The summed E-state index contributed by atoms with van der Waals surface area (Å²) in [6, 6.07) is 2.68. The van der Waals surface area contributed by atoms with E-state index in [1.807, 2.05) is 4.90 Å². The van der Waals surface area contributed by atoms with E-state index in [0.717, 1.165) is 6.07 Å². The molecule has 2 aromatic rings. The van der Waals surface area contributed by atoms with Crippen molar-refractivity contribution in [2.75, 3.05) is 55.7 Å². The van der Waals surface area contributed by atoms with Crippen molar-refractivity contribution >= 4 is 64.3 Å². The van der Waals surface area contributed by atoms with E-state index in [1.54, 1.807) is 12.4 Å². The monoisotopic (exact) mass is 550 g/mol. The number of piperidine rings is 1. The number of nitrogens with zero attached hydrogens (tertiary/aromatic N) is 2. The molecule has 1 aromatic heterocycles. The summed E-state index contributed by atoms with van der Waals surface area (Å²) in [5.41, 5.74) is 5.47. The Kier molecular flexibility index (Phi) is 7.51. The van der Waals surface area contributed by atoms with Crippen molar-refractivity contribution in [3.8, 4) is 0 Å². The Morgan fingerprint density at radius 1 is 1.29 bits per heavy atom. The summed E-state index contributed by atoms with van der Waals surface area (Å²) >= 11 is 0.0514. The molecule has 3 heterocycles. The van der Waals surface area contributed by atoms with Gasteiger partial charge in [-0.05, 0) is 0 Å². The van der Waals surface area contributed by atoms with E-state index in [1.165, 1.54) is 17.4 Å². The van der Waals surface area contributed by atoms with Gasteiger partial charge in [-0.1, -0.05) is 0 Å². The second-order valence-electron chi connectivity index (χ2n) is 8.14. The van der Waals surface area contributed by atoms with E-state index >= 15 is 0 Å². The number of carbonyl (C=O) groups is 3. The number of thiazole rings is 1. The maximum absolute atomic E-state index is 14.9. The zero-order valence-corrected chi connectivity index (χ0v) is 21.3. The predicted molar refractivity (Wildman–Crippen MR) is 130 cm³/mol. The molecule has 181 valence electrons. The first-order valence-corrected chi connectivity index (χ1v) is 13.6. The van der Waals surface area contributed by atoms with E-state index in [4.69, 9.17) is 5.73 Å². The van der Waals surface area contributed by atoms with E-state index in [0.29, 0.717) is 48.5 Å². The number of nitrogens with one attached hydrogen (secondary N) is 4. The number of aromatic nitrogens is 1. The number of nitrogens with two attached hydrogens (primary N) is 1. The Hall–Kier alpha value is -2.53. The van der Waals surface area contributed by atoms with Gasteiger partial charge in [-0.15, -0.1) is 0 Å². The third-order valence-electron chi connectivity index (χ3n) is 5.94. The van der Waals surface area contributed by atoms with Gasteiger partial charge in [0.25, 0.3) is 0 Å². The van der Waals surface area contributed by atoms with Gasteiger partial charge in [0.15, 0.2) is 0 Å². The number of hydrogen-bond acceptors (Lipinski definition) is 9. The molecule has 0 saturated carbocycles. The van der Waals surface area contributed by atoms with Crippen molar-refractivity contribution in [1.29, 1.82) is 0 Å². The van der Waals surface area contributed by atoms with E-state index < -0.39 is 27.1 Å². The summed E-state index contributed by atoms with van der Waals surface area (Å²) in [5, 5.41) is 14.0. The molecule has 4 rings (SSSR count). The number of amides is 2. The van der Waals surface area contributed by atoms with Crippen molar-refractivity contribution in [3.63, 3.8) is 0 Å². The van der Waals surface area contributed by atoms with Crippen LogP contribution >= 0.6 is 11.3 Å². The summed E-state index contributed by atoms with van der Waals surface area (Å²) in [5.74, 6) is -1.11. The van der Waals surface area contributed by atoms with Crippen molar-refractivity contribution in [2.24, 2.45) is 0 Å². The number of benzene rings is 1. The number of piperazine rings is 1. The molecule has 0 unspecified atom stereocenters. The van der Waals surface area contributed by atoms with Crippen LogP contribution in [0.15, 0.2) is 17.5 Å². The Balaban J connectivity index is 1.54. The Labute approximate surface area is 206 Å². The fraction of sp³-hybridized carbons (Fsp3) is 0.429. The molecular weight excluding hydrogens is 524 g/mol. The van der Waals surface area contributed by atoms with Gasteiger partial charge in [-0.2, -0.15) is 0 Å². The number of rotatable bonds is 7. The molecule has 0 aliphatic carbocycles. The van der Waals surface area contributed by atoms with Crippen molar-refractivity contribution in [3.05, 3.63) is 29.0 Å². The van der Waals surface area contributed by atoms with Crippen LogP contribution in [0.1, 0.15) is 23.3 Å². The second-order valence-corrected chi connectivity index (χ2v) is 11.3. The SMILES string of the molecule is CNC1(C(=O)Nc2c(F)cc(N)cc2[As]C(=O)c2csc(N3CCNC(=O)C3)n2)CCNCC1. The number of halogens is 1. The molecule has 0 spiro atoms. The number of anilines is 3. The van der Waals surface area contributed by atoms with Crippen molar-refractivity contribution < 1.29 is 18.8 Å². The van der Waals surface area contributed by atoms with Crippen LogP contribution in [0, 0.1) is 5.82 Å². The van der Waals surface area contributed by atoms with Gasteiger partial charge in [0, 0.05) is 0 Å². The van der Waals surface area contributed by atoms with Gasteiger partial charge >= 0.3 is 207 Å². The molecule has 2 saturated heterocycles. The normalized spacial score (nSPS) is 18.2. The molecule has 1 aromatic carbocycles. The van der Waals surface area contributed by atoms with Crippen LogP contribution in [0.3, 0.4) is 0 Å². The molecule has 2 aliphatic rings. The molecule has 2 amide bonds. The van der Waals surface area contributed by atoms with Crippen LogP contribution in [0.4, 0.5) is 20.9 Å². The van der Waals surface area contributed by atoms with Crippen molar-refractivity contribution in [1.82, 2.24) is 20.9 Å². The van der Waals surface area contributed by atoms with E-state index in [2.05, 4.69) is 26.3 Å². The average Bonchev–Trinajstić information content (AvgIpc) is 3.32. The summed E-state index contributed by atoms with van der Waals surface area (Å²) in [7, 11) is 1.71. The first kappa shape index (κ1) is 24.6. The Morgan fingerprint density at radius 2 is 2.06 bits per heavy atom. The van der Waals surface area contributed by atoms with Crippen LogP contribution in [0.25, 0.3) is 0 Å². The van der Waals surface area contributed by atoms with Crippen LogP contribution in [0.2, 0.25) is 0 Å². The minimum absolute atomic E-state index is 0.0103. The maximum atomic E-state index is 14.9. The molecule has 2 fully saturated rings. The molecule has 0 atom stereocenters. The van der Waals surface area contributed by atoms with Crippen LogP contribution in [0.5, 0.6) is 0 Å². The van der Waals surface area contributed by atoms with Gasteiger partial charge < -0.3 is 0 Å². The van der Waals surface area contributed by atoms with Gasteiger partial charge in [0.05, 0.1) is 0 Å². The first-order chi connectivity index (χ1) is 16.3. The molecule has 6 N–H and O–H groups in total. The molecule has 0 bridgehead atoms. The minimum atomic E-state index is -1.23. The third-order valence-corrected chi connectivity index (χ3v) is 9.00. The van der Waals surface area contributed by atoms with E-state index in [-0.39, 0.29) is 40.0 Å². The van der Waals surface area contributed by atoms with Crippen molar-refractivity contribution in [2.45, 2.75) is 18.4 Å². The third kappa shape index (κ3) is 5.25. The first-order valence-electron chi connectivity index (χ1n) is 10.8. The summed E-state index contributed by atoms with van der Waals surface area (Å²) in [6.45, 7) is 2.65. The zero-order chi connectivity index (χ0) is 24.3. The summed E-state index contributed by atoms with van der Waals surface area (Å²) in [4.78, 5) is 44.1. The van der Waals surface area contributed by atoms with Gasteiger partial charge in [-0.25, -0.2) is 0 Å². The van der Waals surface area contributed by atoms with Crippen LogP contribution in [-0.4, -0.2) is 82.4 Å². The Bertz CT molecular complexity index is 1110. The second kappa shape index (κ2) is 10.4.